The highest BCUT2D eigenvalue weighted by Crippen LogP contribution is 2.41. The highest BCUT2D eigenvalue weighted by Gasteiger charge is 2.58. The molecule has 1 aromatic rings. The molecule has 2 unspecified atom stereocenters. The van der Waals surface area contributed by atoms with E-state index in [4.69, 9.17) is 37.9 Å². The van der Waals surface area contributed by atoms with Gasteiger partial charge in [-0.05, 0) is 45.4 Å². The van der Waals surface area contributed by atoms with E-state index < -0.39 is 17.9 Å². The number of hydrogen-bond donors (Lipinski definition) is 0. The topological polar surface area (TPSA) is 73.8 Å². The molecule has 0 saturated carbocycles. The molecule has 0 spiro atoms. The Kier molecular flexibility index (Phi) is 5.87. The maximum absolute atomic E-state index is 6.11. The van der Waals surface area contributed by atoms with E-state index in [1.54, 1.807) is 7.11 Å². The first-order valence-electron chi connectivity index (χ1n) is 9.91. The minimum Gasteiger partial charge on any atom is -0.497 e. The van der Waals surface area contributed by atoms with Crippen LogP contribution in [0.25, 0.3) is 0 Å². The average molecular weight is 410 g/mol. The zero-order chi connectivity index (χ0) is 20.6. The first-order valence-corrected chi connectivity index (χ1v) is 9.91. The maximum Gasteiger partial charge on any atom is 0.190 e. The fraction of sp³-hybridized carbons (Fsp3) is 0.714. The maximum atomic E-state index is 6.11. The molecule has 0 radical (unpaired) electrons. The van der Waals surface area contributed by atoms with Crippen molar-refractivity contribution in [2.75, 3.05) is 20.5 Å². The van der Waals surface area contributed by atoms with Gasteiger partial charge in [-0.25, -0.2) is 0 Å². The lowest BCUT2D eigenvalue weighted by molar-refractivity contribution is -0.242. The third-order valence-electron chi connectivity index (χ3n) is 5.20. The molecule has 3 saturated heterocycles. The van der Waals surface area contributed by atoms with Crippen LogP contribution in [-0.2, 0) is 39.8 Å². The van der Waals surface area contributed by atoms with Crippen LogP contribution in [0, 0.1) is 0 Å². The van der Waals surface area contributed by atoms with Crippen molar-refractivity contribution >= 4 is 0 Å². The van der Waals surface area contributed by atoms with Gasteiger partial charge < -0.3 is 37.9 Å². The summed E-state index contributed by atoms with van der Waals surface area (Å²) in [5, 5.41) is 0. The summed E-state index contributed by atoms with van der Waals surface area (Å²) in [6.07, 6.45) is -1.88. The van der Waals surface area contributed by atoms with Gasteiger partial charge >= 0.3 is 0 Å². The minimum atomic E-state index is -0.724. The summed E-state index contributed by atoms with van der Waals surface area (Å²) in [7, 11) is 1.64. The van der Waals surface area contributed by atoms with Gasteiger partial charge in [0.2, 0.25) is 0 Å². The second kappa shape index (κ2) is 8.11. The summed E-state index contributed by atoms with van der Waals surface area (Å²) >= 11 is 0. The normalized spacial score (nSPS) is 35.0. The Balaban J connectivity index is 1.35. The molecule has 162 valence electrons. The van der Waals surface area contributed by atoms with Gasteiger partial charge in [0.1, 0.15) is 37.0 Å². The highest BCUT2D eigenvalue weighted by molar-refractivity contribution is 5.26. The van der Waals surface area contributed by atoms with E-state index in [0.29, 0.717) is 13.2 Å². The SMILES string of the molecule is COc1ccc(COCO[C@H]2C3OC(C)(C)O[C@H]3O[C@@H]2C2COC(C)(C)O2)cc1. The van der Waals surface area contributed by atoms with Crippen molar-refractivity contribution in [1.82, 2.24) is 0 Å². The van der Waals surface area contributed by atoms with Crippen LogP contribution >= 0.6 is 0 Å². The molecule has 8 heteroatoms. The fourth-order valence-corrected chi connectivity index (χ4v) is 3.88. The van der Waals surface area contributed by atoms with Gasteiger partial charge in [0.05, 0.1) is 20.3 Å². The second-order valence-corrected chi connectivity index (χ2v) is 8.38. The molecule has 3 aliphatic heterocycles. The van der Waals surface area contributed by atoms with E-state index in [0.717, 1.165) is 11.3 Å². The zero-order valence-electron chi connectivity index (χ0n) is 17.6. The van der Waals surface area contributed by atoms with E-state index in [1.807, 2.05) is 52.0 Å². The van der Waals surface area contributed by atoms with Crippen molar-refractivity contribution in [2.45, 2.75) is 76.6 Å². The molecule has 0 aliphatic carbocycles. The predicted octanol–water partition coefficient (Wildman–Crippen LogP) is 2.58. The lowest BCUT2D eigenvalue weighted by Gasteiger charge is -2.28. The first-order chi connectivity index (χ1) is 13.8. The number of fused-ring (bicyclic) bond motifs is 1. The van der Waals surface area contributed by atoms with Gasteiger partial charge in [-0.1, -0.05) is 12.1 Å². The summed E-state index contributed by atoms with van der Waals surface area (Å²) < 4.78 is 46.6. The Hall–Kier alpha value is -1.26. The van der Waals surface area contributed by atoms with Gasteiger partial charge in [-0.15, -0.1) is 0 Å². The summed E-state index contributed by atoms with van der Waals surface area (Å²) in [6, 6.07) is 7.71. The lowest BCUT2D eigenvalue weighted by Crippen LogP contribution is -2.44. The lowest BCUT2D eigenvalue weighted by atomic mass is 10.1. The van der Waals surface area contributed by atoms with Crippen LogP contribution in [0.4, 0.5) is 0 Å². The molecule has 3 fully saturated rings. The molecule has 4 rings (SSSR count). The number of ether oxygens (including phenoxy) is 8. The van der Waals surface area contributed by atoms with Crippen molar-refractivity contribution in [1.29, 1.82) is 0 Å². The van der Waals surface area contributed by atoms with Crippen LogP contribution in [0.3, 0.4) is 0 Å². The number of benzene rings is 1. The Morgan fingerprint density at radius 1 is 0.966 bits per heavy atom. The van der Waals surface area contributed by atoms with Gasteiger partial charge in [-0.2, -0.15) is 0 Å². The fourth-order valence-electron chi connectivity index (χ4n) is 3.88. The van der Waals surface area contributed by atoms with Crippen LogP contribution in [0.1, 0.15) is 33.3 Å². The number of methoxy groups -OCH3 is 1. The van der Waals surface area contributed by atoms with Gasteiger partial charge in [0, 0.05) is 0 Å². The molecular weight excluding hydrogens is 380 g/mol. The molecule has 0 bridgehead atoms. The van der Waals surface area contributed by atoms with Crippen LogP contribution in [0.2, 0.25) is 0 Å². The molecule has 0 aromatic heterocycles. The Bertz CT molecular complexity index is 688. The molecule has 0 N–H and O–H groups in total. The van der Waals surface area contributed by atoms with Crippen molar-refractivity contribution in [3.05, 3.63) is 29.8 Å². The quantitative estimate of drug-likeness (QED) is 0.502. The first kappa shape index (κ1) is 21.0. The molecule has 0 amide bonds. The monoisotopic (exact) mass is 410 g/mol. The number of rotatable bonds is 7. The summed E-state index contributed by atoms with van der Waals surface area (Å²) in [4.78, 5) is 0. The van der Waals surface area contributed by atoms with Crippen molar-refractivity contribution in [3.63, 3.8) is 0 Å². The zero-order valence-corrected chi connectivity index (χ0v) is 17.6. The van der Waals surface area contributed by atoms with Crippen molar-refractivity contribution in [3.8, 4) is 5.75 Å². The summed E-state index contributed by atoms with van der Waals surface area (Å²) in [5.74, 6) is -0.565. The van der Waals surface area contributed by atoms with E-state index in [2.05, 4.69) is 0 Å². The van der Waals surface area contributed by atoms with Crippen molar-refractivity contribution < 1.29 is 37.9 Å². The molecule has 8 nitrogen and oxygen atoms in total. The number of hydrogen-bond acceptors (Lipinski definition) is 8. The van der Waals surface area contributed by atoms with E-state index >= 15 is 0 Å². The highest BCUT2D eigenvalue weighted by atomic mass is 16.9. The Labute approximate surface area is 171 Å². The van der Waals surface area contributed by atoms with Gasteiger partial charge in [0.15, 0.2) is 17.9 Å². The van der Waals surface area contributed by atoms with Crippen LogP contribution in [-0.4, -0.2) is 62.8 Å². The second-order valence-electron chi connectivity index (χ2n) is 8.38. The third kappa shape index (κ3) is 4.74. The Morgan fingerprint density at radius 2 is 1.72 bits per heavy atom. The molecule has 5 atom stereocenters. The van der Waals surface area contributed by atoms with E-state index in [9.17, 15) is 0 Å². The summed E-state index contributed by atoms with van der Waals surface area (Å²) in [6.45, 7) is 8.43. The molecular formula is C21H30O8. The van der Waals surface area contributed by atoms with Crippen LogP contribution < -0.4 is 4.74 Å². The van der Waals surface area contributed by atoms with Crippen molar-refractivity contribution in [2.24, 2.45) is 0 Å². The predicted molar refractivity (Wildman–Crippen MR) is 101 cm³/mol. The molecule has 1 aromatic carbocycles. The van der Waals surface area contributed by atoms with Crippen LogP contribution in [0.15, 0.2) is 24.3 Å². The van der Waals surface area contributed by atoms with Crippen LogP contribution in [0.5, 0.6) is 5.75 Å². The standard InChI is InChI=1S/C21H30O8/c1-20(2)25-11-15(27-20)16-17(18-19(26-16)29-21(3,4)28-18)24-12-23-10-13-6-8-14(22-5)9-7-13/h6-9,15-19H,10-12H2,1-5H3/t15?,16-,17-,18?,19-/m1/s1. The average Bonchev–Trinajstić information content (AvgIpc) is 3.28. The smallest absolute Gasteiger partial charge is 0.190 e. The van der Waals surface area contributed by atoms with Gasteiger partial charge in [0.25, 0.3) is 0 Å². The largest absolute Gasteiger partial charge is 0.497 e. The van der Waals surface area contributed by atoms with E-state index in [-0.39, 0.29) is 31.2 Å². The molecule has 3 heterocycles. The third-order valence-corrected chi connectivity index (χ3v) is 5.20. The molecule has 3 aliphatic rings. The molecule has 29 heavy (non-hydrogen) atoms. The minimum absolute atomic E-state index is 0.0978. The van der Waals surface area contributed by atoms with Gasteiger partial charge in [-0.3, -0.25) is 0 Å². The summed E-state index contributed by atoms with van der Waals surface area (Å²) in [5.41, 5.74) is 1.03. The van der Waals surface area contributed by atoms with E-state index in [1.165, 1.54) is 0 Å². The Morgan fingerprint density at radius 3 is 2.38 bits per heavy atom.